The summed E-state index contributed by atoms with van der Waals surface area (Å²) in [5, 5.41) is 15.2. The van der Waals surface area contributed by atoms with Gasteiger partial charge in [0.15, 0.2) is 0 Å². The van der Waals surface area contributed by atoms with E-state index in [9.17, 15) is 5.11 Å². The molecule has 0 amide bonds. The van der Waals surface area contributed by atoms with Crippen LogP contribution in [0.15, 0.2) is 24.3 Å². The molecule has 90 valence electrons. The predicted molar refractivity (Wildman–Crippen MR) is 68.2 cm³/mol. The summed E-state index contributed by atoms with van der Waals surface area (Å²) < 4.78 is 1.69. The van der Waals surface area contributed by atoms with Crippen LogP contribution in [0.2, 0.25) is 5.02 Å². The minimum Gasteiger partial charge on any atom is -0.382 e. The molecule has 0 aliphatic carbocycles. The standard InChI is InChI=1S/C13H15ClN2O/c1-8-4-5-10(7-11(8)14)13(17)12-6-9(2)15-16(12)3/h4-7,13,17H,1-3H3. The number of halogens is 1. The van der Waals surface area contributed by atoms with Gasteiger partial charge in [-0.05, 0) is 37.1 Å². The highest BCUT2D eigenvalue weighted by molar-refractivity contribution is 6.31. The quantitative estimate of drug-likeness (QED) is 0.890. The van der Waals surface area contributed by atoms with E-state index >= 15 is 0 Å². The van der Waals surface area contributed by atoms with Crippen LogP contribution in [0.25, 0.3) is 0 Å². The van der Waals surface area contributed by atoms with E-state index in [2.05, 4.69) is 5.10 Å². The number of rotatable bonds is 2. The van der Waals surface area contributed by atoms with E-state index in [1.54, 1.807) is 10.7 Å². The molecule has 0 aliphatic heterocycles. The molecule has 0 saturated carbocycles. The highest BCUT2D eigenvalue weighted by atomic mass is 35.5. The second-order valence-corrected chi connectivity index (χ2v) is 4.65. The first-order chi connectivity index (χ1) is 7.99. The topological polar surface area (TPSA) is 38.0 Å². The molecule has 1 aromatic heterocycles. The van der Waals surface area contributed by atoms with Gasteiger partial charge in [-0.2, -0.15) is 5.10 Å². The molecule has 0 bridgehead atoms. The largest absolute Gasteiger partial charge is 0.382 e. The Balaban J connectivity index is 2.40. The lowest BCUT2D eigenvalue weighted by molar-refractivity contribution is 0.210. The number of aromatic nitrogens is 2. The average molecular weight is 251 g/mol. The zero-order valence-electron chi connectivity index (χ0n) is 10.1. The Morgan fingerprint density at radius 1 is 1.29 bits per heavy atom. The minimum atomic E-state index is -0.695. The maximum absolute atomic E-state index is 10.3. The van der Waals surface area contributed by atoms with Gasteiger partial charge in [0.05, 0.1) is 11.4 Å². The molecule has 0 saturated heterocycles. The monoisotopic (exact) mass is 250 g/mol. The van der Waals surface area contributed by atoms with Gasteiger partial charge in [0.1, 0.15) is 6.10 Å². The third-order valence-corrected chi connectivity index (χ3v) is 3.24. The number of hydrogen-bond acceptors (Lipinski definition) is 2. The fraction of sp³-hybridized carbons (Fsp3) is 0.308. The van der Waals surface area contributed by atoms with Crippen LogP contribution < -0.4 is 0 Å². The van der Waals surface area contributed by atoms with Crippen molar-refractivity contribution in [3.05, 3.63) is 51.8 Å². The van der Waals surface area contributed by atoms with Crippen molar-refractivity contribution in [1.82, 2.24) is 9.78 Å². The number of benzene rings is 1. The number of aryl methyl sites for hydroxylation is 3. The number of nitrogens with zero attached hydrogens (tertiary/aromatic N) is 2. The van der Waals surface area contributed by atoms with Gasteiger partial charge < -0.3 is 5.11 Å². The molecule has 17 heavy (non-hydrogen) atoms. The van der Waals surface area contributed by atoms with Gasteiger partial charge in [-0.15, -0.1) is 0 Å². The summed E-state index contributed by atoms with van der Waals surface area (Å²) in [6.07, 6.45) is -0.695. The summed E-state index contributed by atoms with van der Waals surface area (Å²) in [6, 6.07) is 7.46. The molecule has 0 fully saturated rings. The van der Waals surface area contributed by atoms with Crippen LogP contribution in [-0.2, 0) is 7.05 Å². The molecule has 1 unspecified atom stereocenters. The lowest BCUT2D eigenvalue weighted by Crippen LogP contribution is -2.06. The second-order valence-electron chi connectivity index (χ2n) is 4.25. The van der Waals surface area contributed by atoms with Crippen LogP contribution >= 0.6 is 11.6 Å². The van der Waals surface area contributed by atoms with Gasteiger partial charge in [-0.1, -0.05) is 23.7 Å². The van der Waals surface area contributed by atoms with Crippen molar-refractivity contribution in [2.75, 3.05) is 0 Å². The Hall–Kier alpha value is -1.32. The average Bonchev–Trinajstić information content (AvgIpc) is 2.61. The summed E-state index contributed by atoms with van der Waals surface area (Å²) >= 11 is 6.06. The van der Waals surface area contributed by atoms with Gasteiger partial charge in [0.25, 0.3) is 0 Å². The van der Waals surface area contributed by atoms with E-state index in [-0.39, 0.29) is 0 Å². The van der Waals surface area contributed by atoms with Crippen LogP contribution in [0.1, 0.15) is 28.6 Å². The molecule has 2 aromatic rings. The second kappa shape index (κ2) is 4.51. The van der Waals surface area contributed by atoms with E-state index in [4.69, 9.17) is 11.6 Å². The van der Waals surface area contributed by atoms with Gasteiger partial charge >= 0.3 is 0 Å². The molecule has 1 heterocycles. The van der Waals surface area contributed by atoms with Crippen molar-refractivity contribution in [3.8, 4) is 0 Å². The van der Waals surface area contributed by atoms with Gasteiger partial charge in [0, 0.05) is 12.1 Å². The summed E-state index contributed by atoms with van der Waals surface area (Å²) in [6.45, 7) is 3.84. The van der Waals surface area contributed by atoms with Gasteiger partial charge in [-0.25, -0.2) is 0 Å². The van der Waals surface area contributed by atoms with Crippen molar-refractivity contribution in [2.24, 2.45) is 7.05 Å². The van der Waals surface area contributed by atoms with E-state index in [0.717, 1.165) is 22.5 Å². The minimum absolute atomic E-state index is 0.667. The van der Waals surface area contributed by atoms with Crippen molar-refractivity contribution in [2.45, 2.75) is 20.0 Å². The first kappa shape index (κ1) is 12.1. The number of aliphatic hydroxyl groups excluding tert-OH is 1. The molecule has 0 spiro atoms. The molecule has 1 aromatic carbocycles. The summed E-state index contributed by atoms with van der Waals surface area (Å²) in [5.74, 6) is 0. The molecule has 3 nitrogen and oxygen atoms in total. The first-order valence-electron chi connectivity index (χ1n) is 5.43. The van der Waals surface area contributed by atoms with E-state index < -0.39 is 6.10 Å². The Bertz CT molecular complexity index is 548. The molecular weight excluding hydrogens is 236 g/mol. The molecule has 1 atom stereocenters. The third-order valence-electron chi connectivity index (χ3n) is 2.83. The summed E-state index contributed by atoms with van der Waals surface area (Å²) in [5.41, 5.74) is 3.44. The highest BCUT2D eigenvalue weighted by Crippen LogP contribution is 2.26. The lowest BCUT2D eigenvalue weighted by atomic mass is 10.0. The van der Waals surface area contributed by atoms with Crippen LogP contribution in [0.5, 0.6) is 0 Å². The molecule has 0 aliphatic rings. The summed E-state index contributed by atoms with van der Waals surface area (Å²) in [4.78, 5) is 0. The fourth-order valence-electron chi connectivity index (χ4n) is 1.84. The molecule has 2 rings (SSSR count). The van der Waals surface area contributed by atoms with E-state index in [1.807, 2.05) is 39.1 Å². The van der Waals surface area contributed by atoms with Crippen molar-refractivity contribution >= 4 is 11.6 Å². The number of hydrogen-bond donors (Lipinski definition) is 1. The zero-order valence-corrected chi connectivity index (χ0v) is 10.9. The molecule has 0 radical (unpaired) electrons. The van der Waals surface area contributed by atoms with E-state index in [1.165, 1.54) is 0 Å². The maximum Gasteiger partial charge on any atom is 0.121 e. The van der Waals surface area contributed by atoms with Crippen molar-refractivity contribution < 1.29 is 5.11 Å². The SMILES string of the molecule is Cc1cc(C(O)c2ccc(C)c(Cl)c2)n(C)n1. The Kier molecular flexibility index (Phi) is 3.22. The molecule has 1 N–H and O–H groups in total. The molecule has 4 heteroatoms. The predicted octanol–water partition coefficient (Wildman–Crippen LogP) is 2.77. The highest BCUT2D eigenvalue weighted by Gasteiger charge is 2.15. The van der Waals surface area contributed by atoms with Crippen molar-refractivity contribution in [1.29, 1.82) is 0 Å². The van der Waals surface area contributed by atoms with Gasteiger partial charge in [-0.3, -0.25) is 4.68 Å². The molecular formula is C13H15ClN2O. The first-order valence-corrected chi connectivity index (χ1v) is 5.81. The normalized spacial score (nSPS) is 12.8. The lowest BCUT2D eigenvalue weighted by Gasteiger charge is -2.12. The smallest absolute Gasteiger partial charge is 0.121 e. The van der Waals surface area contributed by atoms with Crippen LogP contribution in [-0.4, -0.2) is 14.9 Å². The Labute approximate surface area is 106 Å². The van der Waals surface area contributed by atoms with Gasteiger partial charge in [0.2, 0.25) is 0 Å². The Morgan fingerprint density at radius 3 is 2.53 bits per heavy atom. The fourth-order valence-corrected chi connectivity index (χ4v) is 2.03. The van der Waals surface area contributed by atoms with Crippen LogP contribution in [0.3, 0.4) is 0 Å². The van der Waals surface area contributed by atoms with E-state index in [0.29, 0.717) is 5.02 Å². The number of aliphatic hydroxyl groups is 1. The zero-order chi connectivity index (χ0) is 12.6. The third kappa shape index (κ3) is 2.35. The van der Waals surface area contributed by atoms with Crippen LogP contribution in [0, 0.1) is 13.8 Å². The van der Waals surface area contributed by atoms with Crippen LogP contribution in [0.4, 0.5) is 0 Å². The Morgan fingerprint density at radius 2 is 2.00 bits per heavy atom. The van der Waals surface area contributed by atoms with Crippen molar-refractivity contribution in [3.63, 3.8) is 0 Å². The summed E-state index contributed by atoms with van der Waals surface area (Å²) in [7, 11) is 1.82. The maximum atomic E-state index is 10.3.